The molecule has 0 radical (unpaired) electrons. The van der Waals surface area contributed by atoms with Crippen LogP contribution in [0, 0.1) is 5.82 Å². The van der Waals surface area contributed by atoms with Crippen LogP contribution in [0.3, 0.4) is 0 Å². The molecule has 3 rings (SSSR count). The molecule has 116 valence electrons. The predicted molar refractivity (Wildman–Crippen MR) is 78.5 cm³/mol. The number of hydrogen-bond acceptors (Lipinski definition) is 2. The van der Waals surface area contributed by atoms with Crippen LogP contribution in [0.4, 0.5) is 23.2 Å². The fourth-order valence-corrected chi connectivity index (χ4v) is 4.23. The smallest absolute Gasteiger partial charge is 0.398 e. The van der Waals surface area contributed by atoms with Crippen LogP contribution in [0.25, 0.3) is 0 Å². The van der Waals surface area contributed by atoms with E-state index in [1.807, 2.05) is 13.8 Å². The summed E-state index contributed by atoms with van der Waals surface area (Å²) < 4.78 is 52.7. The van der Waals surface area contributed by atoms with Gasteiger partial charge in [0.25, 0.3) is 0 Å². The predicted octanol–water partition coefficient (Wildman–Crippen LogP) is 5.22. The first-order chi connectivity index (χ1) is 10.1. The van der Waals surface area contributed by atoms with Gasteiger partial charge in [-0.05, 0) is 35.4 Å². The highest BCUT2D eigenvalue weighted by atomic mass is 32.2. The molecule has 0 aliphatic carbocycles. The summed E-state index contributed by atoms with van der Waals surface area (Å²) in [4.78, 5) is 1.34. The zero-order valence-electron chi connectivity index (χ0n) is 11.9. The van der Waals surface area contributed by atoms with E-state index in [1.165, 1.54) is 30.0 Å². The van der Waals surface area contributed by atoms with Crippen molar-refractivity contribution in [1.82, 2.24) is 0 Å². The van der Waals surface area contributed by atoms with Crippen molar-refractivity contribution in [1.29, 1.82) is 0 Å². The number of rotatable bonds is 0. The molecule has 0 spiro atoms. The van der Waals surface area contributed by atoms with Crippen molar-refractivity contribution in [3.05, 3.63) is 52.8 Å². The summed E-state index contributed by atoms with van der Waals surface area (Å²) in [5, 5.41) is 0. The van der Waals surface area contributed by atoms with Gasteiger partial charge in [0.15, 0.2) is 0 Å². The molecule has 0 unspecified atom stereocenters. The van der Waals surface area contributed by atoms with Gasteiger partial charge in [0.1, 0.15) is 5.82 Å². The SMILES string of the molecule is CC1(C)c2ccc(F)cc2Sc2cc(N)c(C(F)(F)F)cc21. The lowest BCUT2D eigenvalue weighted by atomic mass is 9.77. The first kappa shape index (κ1) is 15.2. The van der Waals surface area contributed by atoms with Crippen LogP contribution in [0.15, 0.2) is 40.1 Å². The quantitative estimate of drug-likeness (QED) is 0.530. The van der Waals surface area contributed by atoms with Gasteiger partial charge < -0.3 is 5.73 Å². The van der Waals surface area contributed by atoms with Crippen molar-refractivity contribution in [3.8, 4) is 0 Å². The van der Waals surface area contributed by atoms with Crippen molar-refractivity contribution < 1.29 is 17.6 Å². The Hall–Kier alpha value is -1.69. The Balaban J connectivity index is 2.25. The lowest BCUT2D eigenvalue weighted by molar-refractivity contribution is -0.137. The van der Waals surface area contributed by atoms with Crippen molar-refractivity contribution in [2.24, 2.45) is 0 Å². The molecule has 1 heterocycles. The molecule has 1 aliphatic heterocycles. The first-order valence-corrected chi connectivity index (χ1v) is 7.41. The molecule has 1 aliphatic rings. The Bertz CT molecular complexity index is 765. The molecular formula is C16H13F4NS. The minimum Gasteiger partial charge on any atom is -0.398 e. The van der Waals surface area contributed by atoms with Crippen molar-refractivity contribution in [2.75, 3.05) is 5.73 Å². The van der Waals surface area contributed by atoms with Crippen molar-refractivity contribution in [2.45, 2.75) is 35.2 Å². The molecule has 0 aromatic heterocycles. The van der Waals surface area contributed by atoms with Gasteiger partial charge in [-0.3, -0.25) is 0 Å². The molecule has 6 heteroatoms. The summed E-state index contributed by atoms with van der Waals surface area (Å²) >= 11 is 1.25. The van der Waals surface area contributed by atoms with Crippen LogP contribution >= 0.6 is 11.8 Å². The standard InChI is InChI=1S/C16H13F4NS/c1-15(2)9-4-3-8(17)5-13(9)22-14-7-12(21)10(6-11(14)15)16(18,19)20/h3-7H,21H2,1-2H3. The second-order valence-corrected chi connectivity index (χ2v) is 6.88. The van der Waals surface area contributed by atoms with E-state index in [4.69, 9.17) is 5.73 Å². The molecule has 22 heavy (non-hydrogen) atoms. The van der Waals surface area contributed by atoms with E-state index < -0.39 is 17.2 Å². The third kappa shape index (κ3) is 2.26. The Morgan fingerprint density at radius 1 is 1.00 bits per heavy atom. The fraction of sp³-hybridized carbons (Fsp3) is 0.250. The van der Waals surface area contributed by atoms with Gasteiger partial charge in [0.2, 0.25) is 0 Å². The number of fused-ring (bicyclic) bond motifs is 2. The van der Waals surface area contributed by atoms with Crippen LogP contribution in [0.1, 0.15) is 30.5 Å². The number of hydrogen-bond donors (Lipinski definition) is 1. The van der Waals surface area contributed by atoms with Crippen molar-refractivity contribution >= 4 is 17.4 Å². The van der Waals surface area contributed by atoms with E-state index in [2.05, 4.69) is 0 Å². The number of nitrogens with two attached hydrogens (primary N) is 1. The summed E-state index contributed by atoms with van der Waals surface area (Å²) in [6.07, 6.45) is -4.50. The van der Waals surface area contributed by atoms with Gasteiger partial charge in [0.05, 0.1) is 5.56 Å². The highest BCUT2D eigenvalue weighted by Crippen LogP contribution is 2.51. The second kappa shape index (κ2) is 4.65. The number of halogens is 4. The normalized spacial score (nSPS) is 16.1. The van der Waals surface area contributed by atoms with Crippen LogP contribution in [-0.4, -0.2) is 0 Å². The fourth-order valence-electron chi connectivity index (χ4n) is 2.77. The zero-order valence-corrected chi connectivity index (χ0v) is 12.7. The maximum absolute atomic E-state index is 13.4. The van der Waals surface area contributed by atoms with E-state index in [-0.39, 0.29) is 11.5 Å². The summed E-state index contributed by atoms with van der Waals surface area (Å²) in [6, 6.07) is 6.80. The molecular weight excluding hydrogens is 314 g/mol. The third-order valence-electron chi connectivity index (χ3n) is 3.97. The molecule has 0 amide bonds. The molecule has 2 aromatic rings. The lowest BCUT2D eigenvalue weighted by Gasteiger charge is -2.35. The van der Waals surface area contributed by atoms with Crippen LogP contribution in [0.2, 0.25) is 0 Å². The van der Waals surface area contributed by atoms with Crippen LogP contribution < -0.4 is 5.73 Å². The maximum Gasteiger partial charge on any atom is 0.418 e. The number of anilines is 1. The molecule has 0 saturated carbocycles. The average molecular weight is 327 g/mol. The largest absolute Gasteiger partial charge is 0.418 e. The molecule has 2 aromatic carbocycles. The first-order valence-electron chi connectivity index (χ1n) is 6.60. The average Bonchev–Trinajstić information content (AvgIpc) is 2.35. The van der Waals surface area contributed by atoms with E-state index in [0.29, 0.717) is 15.4 Å². The van der Waals surface area contributed by atoms with E-state index in [1.54, 1.807) is 6.07 Å². The van der Waals surface area contributed by atoms with Crippen molar-refractivity contribution in [3.63, 3.8) is 0 Å². The molecule has 1 nitrogen and oxygen atoms in total. The van der Waals surface area contributed by atoms with E-state index >= 15 is 0 Å². The zero-order chi connectivity index (χ0) is 16.3. The Morgan fingerprint density at radius 2 is 1.64 bits per heavy atom. The maximum atomic E-state index is 13.4. The van der Waals surface area contributed by atoms with Crippen LogP contribution in [0.5, 0.6) is 0 Å². The monoisotopic (exact) mass is 327 g/mol. The molecule has 0 atom stereocenters. The molecule has 2 N–H and O–H groups in total. The summed E-state index contributed by atoms with van der Waals surface area (Å²) in [5.74, 6) is -0.370. The minimum atomic E-state index is -4.50. The molecule has 0 saturated heterocycles. The van der Waals surface area contributed by atoms with E-state index in [9.17, 15) is 17.6 Å². The topological polar surface area (TPSA) is 26.0 Å². The third-order valence-corrected chi connectivity index (χ3v) is 5.08. The Morgan fingerprint density at radius 3 is 2.27 bits per heavy atom. The molecule has 0 bridgehead atoms. The highest BCUT2D eigenvalue weighted by molar-refractivity contribution is 7.99. The summed E-state index contributed by atoms with van der Waals surface area (Å²) in [7, 11) is 0. The number of nitrogen functional groups attached to an aromatic ring is 1. The van der Waals surface area contributed by atoms with Gasteiger partial charge in [-0.15, -0.1) is 0 Å². The Kier molecular flexibility index (Phi) is 3.22. The number of alkyl halides is 3. The van der Waals surface area contributed by atoms with Gasteiger partial charge in [-0.2, -0.15) is 13.2 Å². The number of benzene rings is 2. The minimum absolute atomic E-state index is 0.311. The molecule has 0 fully saturated rings. The summed E-state index contributed by atoms with van der Waals surface area (Å²) in [6.45, 7) is 3.66. The van der Waals surface area contributed by atoms with Gasteiger partial charge in [-0.25, -0.2) is 4.39 Å². The Labute approximate surface area is 129 Å². The van der Waals surface area contributed by atoms with Crippen LogP contribution in [-0.2, 0) is 11.6 Å². The van der Waals surface area contributed by atoms with E-state index in [0.717, 1.165) is 11.6 Å². The summed E-state index contributed by atoms with van der Waals surface area (Å²) in [5.41, 5.74) is 5.13. The van der Waals surface area contributed by atoms with Gasteiger partial charge >= 0.3 is 6.18 Å². The van der Waals surface area contributed by atoms with Gasteiger partial charge in [0, 0.05) is 20.9 Å². The lowest BCUT2D eigenvalue weighted by Crippen LogP contribution is -2.25. The second-order valence-electron chi connectivity index (χ2n) is 5.80. The highest BCUT2D eigenvalue weighted by Gasteiger charge is 2.39. The van der Waals surface area contributed by atoms with Gasteiger partial charge in [-0.1, -0.05) is 31.7 Å².